The zero-order valence-corrected chi connectivity index (χ0v) is 17.5. The van der Waals surface area contributed by atoms with Crippen LogP contribution in [0.25, 0.3) is 0 Å². The molecule has 0 aliphatic carbocycles. The van der Waals surface area contributed by atoms with Crippen molar-refractivity contribution in [2.24, 2.45) is 10.7 Å². The number of carbonyl (C=O) groups is 1. The Morgan fingerprint density at radius 3 is 2.50 bits per heavy atom. The standard InChI is InChI=1S/C20H21AsF2N3O2/c1-3-11-21-15-6-4-5-14(12-15)20(17(27)26(2)19(24)25-20)13-7-9-16(10-8-13)28-18(22)23/h4-10,12,18H,3,11H2,1-2H3,(H2,24,25). The first-order valence-corrected chi connectivity index (χ1v) is 11.1. The normalized spacial score (nSPS) is 19.7. The molecule has 2 aromatic carbocycles. The van der Waals surface area contributed by atoms with Gasteiger partial charge in [-0.3, -0.25) is 0 Å². The van der Waals surface area contributed by atoms with Crippen LogP contribution < -0.4 is 14.8 Å². The Morgan fingerprint density at radius 1 is 1.21 bits per heavy atom. The number of likely N-dealkylation sites (N-methyl/N-ethyl adjacent to an activating group) is 1. The number of guanidine groups is 1. The maximum atomic E-state index is 13.2. The summed E-state index contributed by atoms with van der Waals surface area (Å²) in [6, 6.07) is 13.8. The second-order valence-corrected chi connectivity index (χ2v) is 9.06. The van der Waals surface area contributed by atoms with Gasteiger partial charge in [0.2, 0.25) is 0 Å². The van der Waals surface area contributed by atoms with E-state index in [0.717, 1.165) is 17.2 Å². The van der Waals surface area contributed by atoms with Crippen LogP contribution in [-0.4, -0.2) is 46.2 Å². The van der Waals surface area contributed by atoms with Gasteiger partial charge in [-0.2, -0.15) is 0 Å². The number of nitrogens with zero attached hydrogens (tertiary/aromatic N) is 2. The van der Waals surface area contributed by atoms with Gasteiger partial charge in [0, 0.05) is 0 Å². The van der Waals surface area contributed by atoms with E-state index in [1.54, 1.807) is 19.2 Å². The van der Waals surface area contributed by atoms with Gasteiger partial charge in [-0.15, -0.1) is 0 Å². The third kappa shape index (κ3) is 3.76. The Hall–Kier alpha value is -2.40. The number of hydrogen-bond donors (Lipinski definition) is 1. The van der Waals surface area contributed by atoms with Crippen LogP contribution in [0.4, 0.5) is 8.78 Å². The second-order valence-electron chi connectivity index (χ2n) is 6.38. The first-order chi connectivity index (χ1) is 13.4. The molecule has 0 aromatic heterocycles. The minimum absolute atomic E-state index is 0.00379. The van der Waals surface area contributed by atoms with Gasteiger partial charge in [0.1, 0.15) is 0 Å². The Morgan fingerprint density at radius 2 is 1.93 bits per heavy atom. The molecule has 0 spiro atoms. The van der Waals surface area contributed by atoms with Crippen LogP contribution in [0.5, 0.6) is 5.75 Å². The van der Waals surface area contributed by atoms with Gasteiger partial charge >= 0.3 is 169 Å². The Labute approximate surface area is 169 Å². The van der Waals surface area contributed by atoms with Crippen molar-refractivity contribution < 1.29 is 18.3 Å². The molecule has 1 unspecified atom stereocenters. The van der Waals surface area contributed by atoms with Crippen molar-refractivity contribution in [3.8, 4) is 5.75 Å². The summed E-state index contributed by atoms with van der Waals surface area (Å²) < 4.78 is 30.5. The number of halogens is 2. The fraction of sp³-hybridized carbons (Fsp3) is 0.300. The van der Waals surface area contributed by atoms with Crippen LogP contribution in [0.3, 0.4) is 0 Å². The predicted molar refractivity (Wildman–Crippen MR) is 105 cm³/mol. The molecular formula is C20H21AsF2N3O2. The number of hydrogen-bond acceptors (Lipinski definition) is 4. The summed E-state index contributed by atoms with van der Waals surface area (Å²) in [6.07, 6.45) is 1.10. The summed E-state index contributed by atoms with van der Waals surface area (Å²) in [5, 5.41) is 1.13. The number of benzene rings is 2. The molecule has 1 atom stereocenters. The molecule has 3 rings (SSSR count). The third-order valence-electron chi connectivity index (χ3n) is 4.52. The van der Waals surface area contributed by atoms with E-state index in [9.17, 15) is 13.6 Å². The molecule has 1 heterocycles. The van der Waals surface area contributed by atoms with E-state index >= 15 is 0 Å². The Kier molecular flexibility index (Phi) is 6.04. The van der Waals surface area contributed by atoms with E-state index < -0.39 is 12.2 Å². The fourth-order valence-electron chi connectivity index (χ4n) is 3.13. The predicted octanol–water partition coefficient (Wildman–Crippen LogP) is 2.48. The number of amides is 1. The van der Waals surface area contributed by atoms with E-state index in [2.05, 4.69) is 22.7 Å². The van der Waals surface area contributed by atoms with E-state index in [0.29, 0.717) is 5.56 Å². The van der Waals surface area contributed by atoms with E-state index in [1.165, 1.54) is 21.4 Å². The van der Waals surface area contributed by atoms with Crippen LogP contribution in [0.2, 0.25) is 5.21 Å². The molecule has 0 fully saturated rings. The number of alkyl halides is 2. The van der Waals surface area contributed by atoms with Gasteiger partial charge in [0.15, 0.2) is 0 Å². The SMILES string of the molecule is CCC[As]c1cccc(C2(c3ccc(OC(F)F)cc3)N=C(N)N(C)C2=O)c1. The quantitative estimate of drug-likeness (QED) is 0.662. The van der Waals surface area contributed by atoms with Crippen LogP contribution in [0, 0.1) is 0 Å². The molecule has 1 aliphatic heterocycles. The summed E-state index contributed by atoms with van der Waals surface area (Å²) >= 11 is -0.00379. The number of carbonyl (C=O) groups excluding carboxylic acids is 1. The Balaban J connectivity index is 2.09. The molecule has 8 heteroatoms. The number of nitrogens with two attached hydrogens (primary N) is 1. The van der Waals surface area contributed by atoms with E-state index in [4.69, 9.17) is 5.73 Å². The summed E-state index contributed by atoms with van der Waals surface area (Å²) in [5.74, 6) is -0.145. The molecule has 28 heavy (non-hydrogen) atoms. The van der Waals surface area contributed by atoms with Gasteiger partial charge in [0.25, 0.3) is 0 Å². The van der Waals surface area contributed by atoms with Gasteiger partial charge in [-0.25, -0.2) is 0 Å². The molecule has 1 amide bonds. The maximum absolute atomic E-state index is 13.2. The molecule has 1 aliphatic rings. The molecule has 0 saturated heterocycles. The zero-order valence-electron chi connectivity index (χ0n) is 15.6. The summed E-state index contributed by atoms with van der Waals surface area (Å²) in [5.41, 5.74) is 5.91. The molecule has 147 valence electrons. The van der Waals surface area contributed by atoms with Crippen molar-refractivity contribution in [3.05, 3.63) is 59.7 Å². The van der Waals surface area contributed by atoms with Crippen molar-refractivity contribution >= 4 is 32.0 Å². The van der Waals surface area contributed by atoms with Gasteiger partial charge in [-0.05, 0) is 0 Å². The van der Waals surface area contributed by atoms with Gasteiger partial charge in [-0.1, -0.05) is 0 Å². The van der Waals surface area contributed by atoms with Crippen molar-refractivity contribution in [1.82, 2.24) is 4.90 Å². The molecule has 0 saturated carbocycles. The molecule has 0 bridgehead atoms. The average molecular weight is 448 g/mol. The monoisotopic (exact) mass is 448 g/mol. The number of ether oxygens (including phenoxy) is 1. The molecule has 5 nitrogen and oxygen atoms in total. The number of rotatable bonds is 7. The summed E-state index contributed by atoms with van der Waals surface area (Å²) in [6.45, 7) is -0.768. The third-order valence-corrected chi connectivity index (χ3v) is 7.28. The number of aliphatic imine (C=N–C) groups is 1. The van der Waals surface area contributed by atoms with Crippen LogP contribution in [0.15, 0.2) is 53.5 Å². The molecular weight excluding hydrogens is 427 g/mol. The summed E-state index contributed by atoms with van der Waals surface area (Å²) in [4.78, 5) is 19.1. The van der Waals surface area contributed by atoms with Crippen molar-refractivity contribution in [1.29, 1.82) is 0 Å². The Bertz CT molecular complexity index is 889. The first kappa shape index (κ1) is 20.3. The average Bonchev–Trinajstić information content (AvgIpc) is 2.92. The molecule has 1 radical (unpaired) electrons. The molecule has 2 aromatic rings. The van der Waals surface area contributed by atoms with Crippen LogP contribution >= 0.6 is 0 Å². The van der Waals surface area contributed by atoms with Crippen molar-refractivity contribution in [3.63, 3.8) is 0 Å². The first-order valence-electron chi connectivity index (χ1n) is 8.85. The van der Waals surface area contributed by atoms with E-state index in [1.807, 2.05) is 18.2 Å². The van der Waals surface area contributed by atoms with E-state index in [-0.39, 0.29) is 33.4 Å². The van der Waals surface area contributed by atoms with Gasteiger partial charge < -0.3 is 0 Å². The van der Waals surface area contributed by atoms with Crippen molar-refractivity contribution in [2.45, 2.75) is 30.7 Å². The van der Waals surface area contributed by atoms with Crippen molar-refractivity contribution in [2.75, 3.05) is 7.05 Å². The zero-order chi connectivity index (χ0) is 20.3. The summed E-state index contributed by atoms with van der Waals surface area (Å²) in [7, 11) is 1.57. The van der Waals surface area contributed by atoms with Crippen LogP contribution in [0.1, 0.15) is 24.5 Å². The second kappa shape index (κ2) is 8.31. The molecule has 2 N–H and O–H groups in total. The van der Waals surface area contributed by atoms with Crippen LogP contribution in [-0.2, 0) is 10.3 Å². The fourth-order valence-corrected chi connectivity index (χ4v) is 5.03. The topological polar surface area (TPSA) is 67.9 Å². The van der Waals surface area contributed by atoms with Gasteiger partial charge in [0.05, 0.1) is 0 Å². The minimum atomic E-state index is -2.91.